The van der Waals surface area contributed by atoms with E-state index < -0.39 is 0 Å². The quantitative estimate of drug-likeness (QED) is 0.168. The summed E-state index contributed by atoms with van der Waals surface area (Å²) in [4.78, 5) is 0. The summed E-state index contributed by atoms with van der Waals surface area (Å²) in [5.74, 6) is 0. The topological polar surface area (TPSA) is 18.7 Å². The van der Waals surface area contributed by atoms with Gasteiger partial charge in [-0.15, -0.1) is 0 Å². The molecule has 15 rings (SSSR count). The molecule has 0 N–H and O–H groups in total. The molecule has 0 atom stereocenters. The van der Waals surface area contributed by atoms with E-state index in [0.717, 1.165) is 0 Å². The molecule has 0 amide bonds. The molecule has 0 aliphatic carbocycles. The molecule has 0 aliphatic rings. The SMILES string of the molecule is c1ccc(-n2c3ccccc3c3c4c5ccccc5n5c6cc7c(cc6c(cc32)c45)c2cc3c4ccccc4n(-c4ccccc4)c3c3c4ccccc4n7c23)cc1. The van der Waals surface area contributed by atoms with Crippen molar-refractivity contribution in [2.75, 3.05) is 0 Å². The van der Waals surface area contributed by atoms with Crippen molar-refractivity contribution in [3.05, 3.63) is 182 Å². The third kappa shape index (κ3) is 3.30. The predicted octanol–water partition coefficient (Wildman–Crippen LogP) is 14.2. The summed E-state index contributed by atoms with van der Waals surface area (Å²) in [6, 6.07) is 67.6. The van der Waals surface area contributed by atoms with Crippen molar-refractivity contribution < 1.29 is 0 Å². The Bertz CT molecular complexity index is 4230. The Kier molecular flexibility index (Phi) is 5.14. The van der Waals surface area contributed by atoms with E-state index in [1.54, 1.807) is 0 Å². The maximum atomic E-state index is 2.56. The first-order valence-corrected chi connectivity index (χ1v) is 20.1. The van der Waals surface area contributed by atoms with Gasteiger partial charge >= 0.3 is 0 Å². The molecule has 0 saturated carbocycles. The van der Waals surface area contributed by atoms with Crippen LogP contribution in [0.2, 0.25) is 0 Å². The maximum absolute atomic E-state index is 2.56. The molecule has 0 bridgehead atoms. The highest BCUT2D eigenvalue weighted by molar-refractivity contribution is 6.38. The molecule has 15 aromatic rings. The van der Waals surface area contributed by atoms with Crippen LogP contribution in [0.1, 0.15) is 0 Å². The number of nitrogens with zero attached hydrogens (tertiary/aromatic N) is 4. The molecule has 6 heterocycles. The molecular weight excluding hydrogens is 705 g/mol. The van der Waals surface area contributed by atoms with Gasteiger partial charge in [0.15, 0.2) is 0 Å². The monoisotopic (exact) mass is 734 g/mol. The first kappa shape index (κ1) is 29.5. The minimum atomic E-state index is 1.17. The first-order chi connectivity index (χ1) is 28.8. The second kappa shape index (κ2) is 10.1. The van der Waals surface area contributed by atoms with Gasteiger partial charge in [0, 0.05) is 76.0 Å². The van der Waals surface area contributed by atoms with E-state index in [1.807, 2.05) is 0 Å². The van der Waals surface area contributed by atoms with Gasteiger partial charge in [0.2, 0.25) is 0 Å². The Hall–Kier alpha value is -7.82. The third-order valence-corrected chi connectivity index (χ3v) is 13.3. The zero-order valence-corrected chi connectivity index (χ0v) is 31.1. The standard InChI is InChI=1S/C54H30N4/c1-3-15-31(16-4-1)55-43-24-12-8-20-34(43)49-48(55)29-41-38-27-37-40-28-39-33-19-7-11-23-42(33)56(32-17-5-2-6-18-32)53(39)51-36-22-10-14-26-45(36)58(54(40)51)46(37)30-47(38)57-44-25-13-9-21-35(44)50(49)52(41)57/h1-30H. The van der Waals surface area contributed by atoms with E-state index >= 15 is 0 Å². The number of hydrogen-bond acceptors (Lipinski definition) is 0. The number of para-hydroxylation sites is 6. The summed E-state index contributed by atoms with van der Waals surface area (Å²) >= 11 is 0. The van der Waals surface area contributed by atoms with Gasteiger partial charge < -0.3 is 17.9 Å². The normalized spacial score (nSPS) is 12.8. The minimum absolute atomic E-state index is 1.17. The van der Waals surface area contributed by atoms with Crippen molar-refractivity contribution in [1.82, 2.24) is 17.9 Å². The highest BCUT2D eigenvalue weighted by Gasteiger charge is 2.28. The van der Waals surface area contributed by atoms with Gasteiger partial charge in [-0.1, -0.05) is 109 Å². The molecule has 266 valence electrons. The average Bonchev–Trinajstić information content (AvgIpc) is 4.11. The third-order valence-electron chi connectivity index (χ3n) is 13.3. The van der Waals surface area contributed by atoms with E-state index in [4.69, 9.17) is 0 Å². The number of fused-ring (bicyclic) bond motifs is 20. The molecule has 0 fully saturated rings. The van der Waals surface area contributed by atoms with Crippen molar-refractivity contribution in [1.29, 1.82) is 0 Å². The van der Waals surface area contributed by atoms with E-state index in [-0.39, 0.29) is 0 Å². The Morgan fingerprint density at radius 1 is 0.224 bits per heavy atom. The Morgan fingerprint density at radius 3 is 1.29 bits per heavy atom. The van der Waals surface area contributed by atoms with Crippen LogP contribution in [0.15, 0.2) is 182 Å². The zero-order valence-electron chi connectivity index (χ0n) is 31.1. The Morgan fingerprint density at radius 2 is 0.655 bits per heavy atom. The van der Waals surface area contributed by atoms with Crippen LogP contribution in [0.5, 0.6) is 0 Å². The fourth-order valence-corrected chi connectivity index (χ4v) is 11.2. The summed E-state index contributed by atoms with van der Waals surface area (Å²) in [6.45, 7) is 0. The van der Waals surface area contributed by atoms with Crippen molar-refractivity contribution in [2.45, 2.75) is 0 Å². The maximum Gasteiger partial charge on any atom is 0.0642 e. The van der Waals surface area contributed by atoms with Gasteiger partial charge in [0.05, 0.1) is 55.2 Å². The van der Waals surface area contributed by atoms with Crippen molar-refractivity contribution in [3.63, 3.8) is 0 Å². The van der Waals surface area contributed by atoms with Crippen LogP contribution in [0.25, 0.3) is 131 Å². The second-order valence-corrected chi connectivity index (χ2v) is 16.1. The molecule has 0 unspecified atom stereocenters. The van der Waals surface area contributed by atoms with E-state index in [1.165, 1.54) is 131 Å². The lowest BCUT2D eigenvalue weighted by Gasteiger charge is -2.09. The molecule has 58 heavy (non-hydrogen) atoms. The lowest BCUT2D eigenvalue weighted by molar-refractivity contribution is 1.18. The fraction of sp³-hybridized carbons (Fsp3) is 0. The van der Waals surface area contributed by atoms with Crippen LogP contribution < -0.4 is 0 Å². The second-order valence-electron chi connectivity index (χ2n) is 16.1. The molecule has 0 aliphatic heterocycles. The van der Waals surface area contributed by atoms with Crippen molar-refractivity contribution >= 4 is 120 Å². The van der Waals surface area contributed by atoms with E-state index in [0.29, 0.717) is 0 Å². The lowest BCUT2D eigenvalue weighted by atomic mass is 10.00. The largest absolute Gasteiger partial charge is 0.309 e. The van der Waals surface area contributed by atoms with Crippen LogP contribution in [0.3, 0.4) is 0 Å². The van der Waals surface area contributed by atoms with Gasteiger partial charge in [-0.05, 0) is 72.8 Å². The van der Waals surface area contributed by atoms with Gasteiger partial charge in [-0.25, -0.2) is 0 Å². The molecule has 0 saturated heterocycles. The highest BCUT2D eigenvalue weighted by atomic mass is 15.0. The summed E-state index contributed by atoms with van der Waals surface area (Å²) < 4.78 is 10.1. The van der Waals surface area contributed by atoms with Gasteiger partial charge in [0.25, 0.3) is 0 Å². The van der Waals surface area contributed by atoms with Gasteiger partial charge in [0.1, 0.15) is 0 Å². The number of benzene rings is 9. The van der Waals surface area contributed by atoms with Crippen LogP contribution in [-0.4, -0.2) is 17.9 Å². The van der Waals surface area contributed by atoms with E-state index in [9.17, 15) is 0 Å². The van der Waals surface area contributed by atoms with Crippen molar-refractivity contribution in [2.24, 2.45) is 0 Å². The van der Waals surface area contributed by atoms with Gasteiger partial charge in [-0.2, -0.15) is 0 Å². The average molecular weight is 735 g/mol. The molecule has 0 spiro atoms. The molecule has 4 nitrogen and oxygen atoms in total. The lowest BCUT2D eigenvalue weighted by Crippen LogP contribution is -1.93. The fourth-order valence-electron chi connectivity index (χ4n) is 11.2. The highest BCUT2D eigenvalue weighted by Crippen LogP contribution is 2.50. The summed E-state index contributed by atoms with van der Waals surface area (Å²) in [6.07, 6.45) is 0. The Balaban J connectivity index is 1.19. The van der Waals surface area contributed by atoms with Crippen molar-refractivity contribution in [3.8, 4) is 11.4 Å². The number of hydrogen-bond donors (Lipinski definition) is 0. The molecule has 0 radical (unpaired) electrons. The minimum Gasteiger partial charge on any atom is -0.309 e. The summed E-state index contributed by atoms with van der Waals surface area (Å²) in [5.41, 5.74) is 14.9. The smallest absolute Gasteiger partial charge is 0.0642 e. The number of rotatable bonds is 2. The Labute approximate surface area is 329 Å². The van der Waals surface area contributed by atoms with Crippen LogP contribution in [0, 0.1) is 0 Å². The summed E-state index contributed by atoms with van der Waals surface area (Å²) in [7, 11) is 0. The predicted molar refractivity (Wildman–Crippen MR) is 244 cm³/mol. The van der Waals surface area contributed by atoms with Crippen LogP contribution in [-0.2, 0) is 0 Å². The molecule has 6 aromatic heterocycles. The summed E-state index contributed by atoms with van der Waals surface area (Å²) in [5, 5.41) is 15.5. The molecule has 4 heteroatoms. The zero-order chi connectivity index (χ0) is 37.4. The first-order valence-electron chi connectivity index (χ1n) is 20.1. The van der Waals surface area contributed by atoms with Crippen LogP contribution >= 0.6 is 0 Å². The molecule has 9 aromatic carbocycles. The van der Waals surface area contributed by atoms with Crippen LogP contribution in [0.4, 0.5) is 0 Å². The number of aromatic nitrogens is 4. The molecular formula is C54H30N4. The van der Waals surface area contributed by atoms with E-state index in [2.05, 4.69) is 200 Å². The van der Waals surface area contributed by atoms with Gasteiger partial charge in [-0.3, -0.25) is 0 Å².